The highest BCUT2D eigenvalue weighted by molar-refractivity contribution is 4.73. The zero-order valence-electron chi connectivity index (χ0n) is 13.1. The number of rotatable bonds is 10. The molecule has 0 bridgehead atoms. The molecule has 1 fully saturated rings. The first kappa shape index (κ1) is 18.8. The lowest BCUT2D eigenvalue weighted by molar-refractivity contribution is -0.160. The second-order valence-electron chi connectivity index (χ2n) is 5.79. The molecule has 1 aliphatic carbocycles. The van der Waals surface area contributed by atoms with E-state index >= 15 is 0 Å². The minimum absolute atomic E-state index is 0.0267. The number of hydrogen-bond acceptors (Lipinski definition) is 6. The van der Waals surface area contributed by atoms with Crippen molar-refractivity contribution in [1.82, 2.24) is 0 Å². The standard InChI is InChI=1S/C15H30O6/c1-3-11(2)15(18)20-9-8-19-10-21-13-6-4-12(5-7-13)14(16)17/h11-18H,3-10H2,1-2H3. The highest BCUT2D eigenvalue weighted by atomic mass is 16.7. The fourth-order valence-corrected chi connectivity index (χ4v) is 2.35. The topological polar surface area (TPSA) is 88.4 Å². The van der Waals surface area contributed by atoms with E-state index in [2.05, 4.69) is 0 Å². The van der Waals surface area contributed by atoms with Crippen molar-refractivity contribution in [3.05, 3.63) is 0 Å². The molecule has 0 spiro atoms. The summed E-state index contributed by atoms with van der Waals surface area (Å²) in [5.41, 5.74) is 0. The average molecular weight is 306 g/mol. The molecule has 1 saturated carbocycles. The van der Waals surface area contributed by atoms with Gasteiger partial charge in [0, 0.05) is 11.8 Å². The molecule has 1 aliphatic rings. The molecular formula is C15H30O6. The molecule has 0 aromatic rings. The molecule has 2 unspecified atom stereocenters. The molecule has 2 atom stereocenters. The third kappa shape index (κ3) is 7.54. The lowest BCUT2D eigenvalue weighted by Crippen LogP contribution is -2.29. The second kappa shape index (κ2) is 10.5. The summed E-state index contributed by atoms with van der Waals surface area (Å²) in [6.07, 6.45) is 2.25. The van der Waals surface area contributed by atoms with Crippen LogP contribution >= 0.6 is 0 Å². The van der Waals surface area contributed by atoms with Gasteiger partial charge in [-0.2, -0.15) is 0 Å². The summed E-state index contributed by atoms with van der Waals surface area (Å²) in [5.74, 6) is 0.0968. The van der Waals surface area contributed by atoms with Crippen molar-refractivity contribution in [3.8, 4) is 0 Å². The Morgan fingerprint density at radius 2 is 1.71 bits per heavy atom. The van der Waals surface area contributed by atoms with Gasteiger partial charge in [0.05, 0.1) is 19.3 Å². The summed E-state index contributed by atoms with van der Waals surface area (Å²) in [6, 6.07) is 0. The molecular weight excluding hydrogens is 276 g/mol. The Morgan fingerprint density at radius 3 is 2.29 bits per heavy atom. The first-order valence-corrected chi connectivity index (χ1v) is 7.89. The van der Waals surface area contributed by atoms with Crippen molar-refractivity contribution in [2.45, 2.75) is 64.6 Å². The fourth-order valence-electron chi connectivity index (χ4n) is 2.35. The van der Waals surface area contributed by atoms with Crippen LogP contribution in [0.3, 0.4) is 0 Å². The molecule has 0 saturated heterocycles. The molecule has 21 heavy (non-hydrogen) atoms. The van der Waals surface area contributed by atoms with E-state index in [9.17, 15) is 5.11 Å². The SMILES string of the molecule is CCC(C)C(O)OCCOCOC1CCC(C(O)O)CC1. The maximum atomic E-state index is 9.60. The summed E-state index contributed by atoms with van der Waals surface area (Å²) in [6.45, 7) is 4.89. The van der Waals surface area contributed by atoms with Crippen LogP contribution in [-0.4, -0.2) is 54.0 Å². The predicted molar refractivity (Wildman–Crippen MR) is 77.3 cm³/mol. The van der Waals surface area contributed by atoms with E-state index in [0.29, 0.717) is 13.2 Å². The monoisotopic (exact) mass is 306 g/mol. The van der Waals surface area contributed by atoms with Crippen LogP contribution in [0.4, 0.5) is 0 Å². The smallest absolute Gasteiger partial charge is 0.157 e. The number of hydrogen-bond donors (Lipinski definition) is 3. The first-order valence-electron chi connectivity index (χ1n) is 7.89. The van der Waals surface area contributed by atoms with Crippen LogP contribution in [0.15, 0.2) is 0 Å². The van der Waals surface area contributed by atoms with Crippen molar-refractivity contribution < 1.29 is 29.5 Å². The van der Waals surface area contributed by atoms with E-state index in [0.717, 1.165) is 32.1 Å². The Kier molecular flexibility index (Phi) is 9.39. The van der Waals surface area contributed by atoms with Crippen LogP contribution in [0, 0.1) is 11.8 Å². The summed E-state index contributed by atoms with van der Waals surface area (Å²) in [5, 5.41) is 27.8. The van der Waals surface area contributed by atoms with Crippen molar-refractivity contribution in [2.24, 2.45) is 11.8 Å². The maximum Gasteiger partial charge on any atom is 0.157 e. The summed E-state index contributed by atoms with van der Waals surface area (Å²) < 4.78 is 16.1. The van der Waals surface area contributed by atoms with Crippen molar-refractivity contribution in [3.63, 3.8) is 0 Å². The zero-order valence-corrected chi connectivity index (χ0v) is 13.1. The molecule has 3 N–H and O–H groups in total. The molecule has 6 nitrogen and oxygen atoms in total. The van der Waals surface area contributed by atoms with Crippen LogP contribution < -0.4 is 0 Å². The lowest BCUT2D eigenvalue weighted by Gasteiger charge is -2.29. The van der Waals surface area contributed by atoms with Gasteiger partial charge in [-0.1, -0.05) is 13.8 Å². The van der Waals surface area contributed by atoms with Gasteiger partial charge in [0.1, 0.15) is 6.79 Å². The molecule has 0 radical (unpaired) electrons. The number of aliphatic hydroxyl groups excluding tert-OH is 2. The average Bonchev–Trinajstić information content (AvgIpc) is 2.50. The van der Waals surface area contributed by atoms with Gasteiger partial charge in [-0.3, -0.25) is 0 Å². The Hall–Kier alpha value is -0.240. The Bertz CT molecular complexity index is 253. The van der Waals surface area contributed by atoms with Gasteiger partial charge in [0.2, 0.25) is 0 Å². The molecule has 126 valence electrons. The predicted octanol–water partition coefficient (Wildman–Crippen LogP) is 1.23. The van der Waals surface area contributed by atoms with E-state index in [4.69, 9.17) is 24.4 Å². The highest BCUT2D eigenvalue weighted by Gasteiger charge is 2.25. The van der Waals surface area contributed by atoms with Crippen LogP contribution in [0.25, 0.3) is 0 Å². The van der Waals surface area contributed by atoms with E-state index in [1.165, 1.54) is 0 Å². The second-order valence-corrected chi connectivity index (χ2v) is 5.79. The van der Waals surface area contributed by atoms with Gasteiger partial charge in [-0.25, -0.2) is 0 Å². The summed E-state index contributed by atoms with van der Waals surface area (Å²) in [7, 11) is 0. The Labute approximate surface area is 127 Å². The maximum absolute atomic E-state index is 9.60. The van der Waals surface area contributed by atoms with Gasteiger partial charge >= 0.3 is 0 Å². The van der Waals surface area contributed by atoms with Crippen molar-refractivity contribution >= 4 is 0 Å². The van der Waals surface area contributed by atoms with Crippen LogP contribution in [0.5, 0.6) is 0 Å². The lowest BCUT2D eigenvalue weighted by atomic mass is 9.87. The summed E-state index contributed by atoms with van der Waals surface area (Å²) in [4.78, 5) is 0. The first-order chi connectivity index (χ1) is 10.0. The van der Waals surface area contributed by atoms with E-state index in [-0.39, 0.29) is 24.7 Å². The van der Waals surface area contributed by atoms with E-state index in [1.54, 1.807) is 0 Å². The third-order valence-electron chi connectivity index (χ3n) is 4.17. The van der Waals surface area contributed by atoms with Crippen LogP contribution in [-0.2, 0) is 14.2 Å². The normalized spacial score (nSPS) is 26.0. The van der Waals surface area contributed by atoms with Gasteiger partial charge in [-0.15, -0.1) is 0 Å². The highest BCUT2D eigenvalue weighted by Crippen LogP contribution is 2.27. The van der Waals surface area contributed by atoms with Crippen molar-refractivity contribution in [1.29, 1.82) is 0 Å². The molecule has 0 aromatic heterocycles. The Morgan fingerprint density at radius 1 is 1.05 bits per heavy atom. The van der Waals surface area contributed by atoms with Crippen molar-refractivity contribution in [2.75, 3.05) is 20.0 Å². The molecule has 6 heteroatoms. The molecule has 1 rings (SSSR count). The van der Waals surface area contributed by atoms with Crippen LogP contribution in [0.1, 0.15) is 46.0 Å². The largest absolute Gasteiger partial charge is 0.368 e. The minimum Gasteiger partial charge on any atom is -0.368 e. The molecule has 0 aromatic carbocycles. The van der Waals surface area contributed by atoms with Gasteiger partial charge in [0.15, 0.2) is 12.6 Å². The number of aliphatic hydroxyl groups is 3. The Balaban J connectivity index is 1.96. The van der Waals surface area contributed by atoms with Gasteiger partial charge < -0.3 is 29.5 Å². The summed E-state index contributed by atoms with van der Waals surface area (Å²) >= 11 is 0. The minimum atomic E-state index is -1.21. The van der Waals surface area contributed by atoms with Gasteiger partial charge in [0.25, 0.3) is 0 Å². The van der Waals surface area contributed by atoms with Gasteiger partial charge in [-0.05, 0) is 32.1 Å². The zero-order chi connectivity index (χ0) is 15.7. The fraction of sp³-hybridized carbons (Fsp3) is 1.00. The third-order valence-corrected chi connectivity index (χ3v) is 4.17. The molecule has 0 amide bonds. The quantitative estimate of drug-likeness (QED) is 0.415. The molecule has 0 aliphatic heterocycles. The van der Waals surface area contributed by atoms with E-state index < -0.39 is 12.6 Å². The molecule has 0 heterocycles. The van der Waals surface area contributed by atoms with E-state index in [1.807, 2.05) is 13.8 Å². The van der Waals surface area contributed by atoms with Crippen LogP contribution in [0.2, 0.25) is 0 Å². The number of ether oxygens (including phenoxy) is 3.